The van der Waals surface area contributed by atoms with Crippen LogP contribution in [0.15, 0.2) is 42.0 Å². The number of phenolic OH excluding ortho intramolecular Hbond substituents is 1. The molecule has 2 aromatic rings. The van der Waals surface area contributed by atoms with Crippen molar-refractivity contribution in [3.05, 3.63) is 64.2 Å². The highest BCUT2D eigenvalue weighted by atomic mass is 16.5. The number of ketones is 1. The SMILES string of the molecule is CCCC1CN(CC(=O)c2cc(C(C)(C)C)c(O)c(C(C)(C)C)c2)C(=N)/C1=C\c1ccc(OC(C)C)cc1. The average molecular weight is 519 g/mol. The fourth-order valence-electron chi connectivity index (χ4n) is 5.05. The highest BCUT2D eigenvalue weighted by molar-refractivity contribution is 6.06. The van der Waals surface area contributed by atoms with Gasteiger partial charge in [0.05, 0.1) is 12.6 Å². The van der Waals surface area contributed by atoms with Gasteiger partial charge in [-0.05, 0) is 72.6 Å². The van der Waals surface area contributed by atoms with Crippen LogP contribution < -0.4 is 4.74 Å². The van der Waals surface area contributed by atoms with Gasteiger partial charge in [-0.2, -0.15) is 0 Å². The Morgan fingerprint density at radius 2 is 1.63 bits per heavy atom. The predicted octanol–water partition coefficient (Wildman–Crippen LogP) is 7.75. The van der Waals surface area contributed by atoms with Gasteiger partial charge in [0.1, 0.15) is 17.3 Å². The number of phenols is 1. The minimum absolute atomic E-state index is 0.0302. The van der Waals surface area contributed by atoms with Crippen molar-refractivity contribution < 1.29 is 14.6 Å². The highest BCUT2D eigenvalue weighted by Crippen LogP contribution is 2.40. The van der Waals surface area contributed by atoms with E-state index in [0.29, 0.717) is 17.9 Å². The number of aromatic hydroxyl groups is 1. The molecule has 0 aromatic heterocycles. The zero-order valence-corrected chi connectivity index (χ0v) is 24.7. The molecule has 206 valence electrons. The summed E-state index contributed by atoms with van der Waals surface area (Å²) in [7, 11) is 0. The molecule has 1 fully saturated rings. The minimum Gasteiger partial charge on any atom is -0.507 e. The van der Waals surface area contributed by atoms with Gasteiger partial charge in [-0.25, -0.2) is 0 Å². The molecule has 2 N–H and O–H groups in total. The van der Waals surface area contributed by atoms with Crippen molar-refractivity contribution in [1.29, 1.82) is 5.41 Å². The molecular weight excluding hydrogens is 472 g/mol. The largest absolute Gasteiger partial charge is 0.507 e. The standard InChI is InChI=1S/C33H46N2O3/c1-10-11-23-19-35(31(34)26(23)16-22-12-14-25(15-13-22)38-21(2)3)20-29(36)24-17-27(32(4,5)6)30(37)28(18-24)33(7,8)9/h12-18,21,23,34,37H,10-11,19-20H2,1-9H3/b26-16-,34-31?. The van der Waals surface area contributed by atoms with Crippen molar-refractivity contribution in [1.82, 2.24) is 4.90 Å². The number of likely N-dealkylation sites (tertiary alicyclic amines) is 1. The summed E-state index contributed by atoms with van der Waals surface area (Å²) in [6, 6.07) is 11.7. The van der Waals surface area contributed by atoms with Gasteiger partial charge in [0, 0.05) is 29.2 Å². The van der Waals surface area contributed by atoms with Crippen molar-refractivity contribution in [2.24, 2.45) is 5.92 Å². The monoisotopic (exact) mass is 518 g/mol. The molecule has 1 aliphatic heterocycles. The molecule has 1 unspecified atom stereocenters. The molecule has 1 heterocycles. The Morgan fingerprint density at radius 3 is 2.11 bits per heavy atom. The molecule has 5 nitrogen and oxygen atoms in total. The molecule has 0 saturated carbocycles. The summed E-state index contributed by atoms with van der Waals surface area (Å²) < 4.78 is 5.76. The van der Waals surface area contributed by atoms with Gasteiger partial charge in [-0.15, -0.1) is 0 Å². The summed E-state index contributed by atoms with van der Waals surface area (Å²) in [5.74, 6) is 1.71. The van der Waals surface area contributed by atoms with Gasteiger partial charge in [-0.3, -0.25) is 10.2 Å². The Labute approximate surface area is 229 Å². The van der Waals surface area contributed by atoms with Gasteiger partial charge in [0.15, 0.2) is 5.78 Å². The summed E-state index contributed by atoms with van der Waals surface area (Å²) in [6.07, 6.45) is 4.19. The maximum Gasteiger partial charge on any atom is 0.182 e. The van der Waals surface area contributed by atoms with E-state index in [-0.39, 0.29) is 40.9 Å². The van der Waals surface area contributed by atoms with E-state index in [2.05, 4.69) is 13.0 Å². The first-order chi connectivity index (χ1) is 17.6. The smallest absolute Gasteiger partial charge is 0.182 e. The van der Waals surface area contributed by atoms with Crippen molar-refractivity contribution in [2.75, 3.05) is 13.1 Å². The number of carbonyl (C=O) groups is 1. The van der Waals surface area contributed by atoms with E-state index in [0.717, 1.165) is 40.9 Å². The zero-order chi connectivity index (χ0) is 28.4. The van der Waals surface area contributed by atoms with Crippen molar-refractivity contribution in [3.8, 4) is 11.5 Å². The van der Waals surface area contributed by atoms with Crippen molar-refractivity contribution in [3.63, 3.8) is 0 Å². The van der Waals surface area contributed by atoms with Gasteiger partial charge < -0.3 is 14.7 Å². The van der Waals surface area contributed by atoms with Crippen LogP contribution in [-0.4, -0.2) is 40.8 Å². The molecule has 2 aromatic carbocycles. The minimum atomic E-state index is -0.307. The van der Waals surface area contributed by atoms with E-state index in [9.17, 15) is 9.90 Å². The molecule has 1 aliphatic rings. The second-order valence-electron chi connectivity index (χ2n) is 12.9. The van der Waals surface area contributed by atoms with E-state index in [1.54, 1.807) is 0 Å². The van der Waals surface area contributed by atoms with Crippen LogP contribution in [0, 0.1) is 11.3 Å². The molecule has 5 heteroatoms. The van der Waals surface area contributed by atoms with Gasteiger partial charge in [0.25, 0.3) is 0 Å². The number of nitrogens with zero attached hydrogens (tertiary/aromatic N) is 1. The maximum atomic E-state index is 13.6. The number of nitrogens with one attached hydrogen (secondary N) is 1. The maximum absolute atomic E-state index is 13.6. The van der Waals surface area contributed by atoms with Crippen LogP contribution in [0.1, 0.15) is 102 Å². The number of carbonyl (C=O) groups excluding carboxylic acids is 1. The summed E-state index contributed by atoms with van der Waals surface area (Å²) in [4.78, 5) is 15.5. The summed E-state index contributed by atoms with van der Waals surface area (Å²) in [6.45, 7) is 19.3. The average Bonchev–Trinajstić information content (AvgIpc) is 3.07. The molecule has 0 spiro atoms. The first kappa shape index (κ1) is 29.5. The van der Waals surface area contributed by atoms with E-state index >= 15 is 0 Å². The second kappa shape index (κ2) is 11.3. The molecule has 0 amide bonds. The molecular formula is C33H46N2O3. The number of hydrogen-bond donors (Lipinski definition) is 2. The normalized spacial score (nSPS) is 17.5. The zero-order valence-electron chi connectivity index (χ0n) is 24.7. The third-order valence-electron chi connectivity index (χ3n) is 7.06. The Hall–Kier alpha value is -3.08. The Kier molecular flexibility index (Phi) is 8.80. The van der Waals surface area contributed by atoms with Crippen LogP contribution in [-0.2, 0) is 10.8 Å². The van der Waals surface area contributed by atoms with Crippen molar-refractivity contribution >= 4 is 17.7 Å². The predicted molar refractivity (Wildman–Crippen MR) is 158 cm³/mol. The first-order valence-electron chi connectivity index (χ1n) is 13.8. The molecule has 0 bridgehead atoms. The molecule has 38 heavy (non-hydrogen) atoms. The van der Waals surface area contributed by atoms with Crippen LogP contribution in [0.2, 0.25) is 0 Å². The van der Waals surface area contributed by atoms with Crippen LogP contribution in [0.3, 0.4) is 0 Å². The second-order valence-corrected chi connectivity index (χ2v) is 12.9. The number of ether oxygens (including phenoxy) is 1. The van der Waals surface area contributed by atoms with Crippen LogP contribution in [0.5, 0.6) is 11.5 Å². The number of rotatable bonds is 8. The summed E-state index contributed by atoms with van der Waals surface area (Å²) >= 11 is 0. The molecule has 3 rings (SSSR count). The molecule has 1 saturated heterocycles. The topological polar surface area (TPSA) is 73.6 Å². The lowest BCUT2D eigenvalue weighted by Crippen LogP contribution is -2.31. The number of benzene rings is 2. The van der Waals surface area contributed by atoms with E-state index in [1.807, 2.05) is 96.7 Å². The first-order valence-corrected chi connectivity index (χ1v) is 13.8. The van der Waals surface area contributed by atoms with Crippen molar-refractivity contribution in [2.45, 2.75) is 92.1 Å². The number of hydrogen-bond acceptors (Lipinski definition) is 4. The van der Waals surface area contributed by atoms with Gasteiger partial charge in [0.2, 0.25) is 0 Å². The number of Topliss-reactive ketones (excluding diaryl/α,β-unsaturated/α-hetero) is 1. The highest BCUT2D eigenvalue weighted by Gasteiger charge is 2.34. The van der Waals surface area contributed by atoms with E-state index in [4.69, 9.17) is 10.1 Å². The summed E-state index contributed by atoms with van der Waals surface area (Å²) in [5.41, 5.74) is 3.54. The lowest BCUT2D eigenvalue weighted by molar-refractivity contribution is 0.0963. The van der Waals surface area contributed by atoms with Crippen LogP contribution in [0.4, 0.5) is 0 Å². The van der Waals surface area contributed by atoms with Gasteiger partial charge >= 0.3 is 0 Å². The third-order valence-corrected chi connectivity index (χ3v) is 7.06. The lowest BCUT2D eigenvalue weighted by Gasteiger charge is -2.28. The fourth-order valence-corrected chi connectivity index (χ4v) is 5.05. The van der Waals surface area contributed by atoms with Gasteiger partial charge in [-0.1, -0.05) is 67.0 Å². The quantitative estimate of drug-likeness (QED) is 0.350. The Balaban J connectivity index is 1.89. The van der Waals surface area contributed by atoms with E-state index < -0.39 is 0 Å². The number of amidine groups is 1. The molecule has 1 atom stereocenters. The Morgan fingerprint density at radius 1 is 1.08 bits per heavy atom. The Bertz CT molecular complexity index is 1160. The molecule has 0 aliphatic carbocycles. The summed E-state index contributed by atoms with van der Waals surface area (Å²) in [5, 5.41) is 20.0. The lowest BCUT2D eigenvalue weighted by atomic mass is 9.78. The van der Waals surface area contributed by atoms with Crippen LogP contribution >= 0.6 is 0 Å². The third kappa shape index (κ3) is 6.86. The van der Waals surface area contributed by atoms with Crippen LogP contribution in [0.25, 0.3) is 6.08 Å². The fraction of sp³-hybridized carbons (Fsp3) is 0.515. The van der Waals surface area contributed by atoms with E-state index in [1.165, 1.54) is 0 Å². The molecule has 0 radical (unpaired) electrons.